The van der Waals surface area contributed by atoms with Crippen molar-refractivity contribution >= 4 is 11.9 Å². The zero-order chi connectivity index (χ0) is 16.3. The third-order valence-electron chi connectivity index (χ3n) is 5.36. The number of ether oxygens (including phenoxy) is 1. The zero-order valence-electron chi connectivity index (χ0n) is 13.7. The van der Waals surface area contributed by atoms with Gasteiger partial charge in [-0.25, -0.2) is 0 Å². The molecular weight excluding hydrogens is 290 g/mol. The van der Waals surface area contributed by atoms with Crippen molar-refractivity contribution in [1.29, 1.82) is 0 Å². The lowest BCUT2D eigenvalue weighted by Gasteiger charge is -2.39. The van der Waals surface area contributed by atoms with Gasteiger partial charge < -0.3 is 10.1 Å². The molecule has 2 fully saturated rings. The second kappa shape index (κ2) is 6.73. The van der Waals surface area contributed by atoms with Crippen LogP contribution in [-0.2, 0) is 14.3 Å². The van der Waals surface area contributed by atoms with E-state index >= 15 is 0 Å². The molecule has 1 aromatic carbocycles. The monoisotopic (exact) mass is 315 g/mol. The fourth-order valence-electron chi connectivity index (χ4n) is 4.35. The maximum atomic E-state index is 12.7. The van der Waals surface area contributed by atoms with E-state index in [0.717, 1.165) is 31.2 Å². The van der Waals surface area contributed by atoms with Crippen molar-refractivity contribution in [2.24, 2.45) is 5.92 Å². The lowest BCUT2D eigenvalue weighted by atomic mass is 9.68. The summed E-state index contributed by atoms with van der Waals surface area (Å²) in [6.07, 6.45) is 5.67. The van der Waals surface area contributed by atoms with Gasteiger partial charge in [0.25, 0.3) is 0 Å². The standard InChI is InChI=1S/C19H25NO3/c1-2-23-16(21)13-15-17(14-9-5-3-6-10-14)18(22)20-19(15)11-7-4-8-12-19/h3,5-6,9-10,15,17H,2,4,7-8,11-13H2,1H3,(H,20,22)/t15-,17+/m0/s1. The quantitative estimate of drug-likeness (QED) is 0.868. The maximum Gasteiger partial charge on any atom is 0.306 e. The van der Waals surface area contributed by atoms with Gasteiger partial charge in [-0.3, -0.25) is 9.59 Å². The highest BCUT2D eigenvalue weighted by atomic mass is 16.5. The van der Waals surface area contributed by atoms with Gasteiger partial charge in [-0.05, 0) is 25.3 Å². The SMILES string of the molecule is CCOC(=O)C[C@H]1[C@@H](c2ccccc2)C(=O)NC12CCCCC2. The zero-order valence-corrected chi connectivity index (χ0v) is 13.7. The summed E-state index contributed by atoms with van der Waals surface area (Å²) in [4.78, 5) is 24.9. The highest BCUT2D eigenvalue weighted by molar-refractivity contribution is 5.89. The van der Waals surface area contributed by atoms with Crippen LogP contribution in [0.3, 0.4) is 0 Å². The molecule has 4 nitrogen and oxygen atoms in total. The van der Waals surface area contributed by atoms with Crippen molar-refractivity contribution in [3.05, 3.63) is 35.9 Å². The smallest absolute Gasteiger partial charge is 0.306 e. The predicted molar refractivity (Wildman–Crippen MR) is 87.9 cm³/mol. The van der Waals surface area contributed by atoms with E-state index in [0.29, 0.717) is 13.0 Å². The number of hydrogen-bond acceptors (Lipinski definition) is 3. The molecule has 1 heterocycles. The fraction of sp³-hybridized carbons (Fsp3) is 0.579. The molecule has 1 saturated heterocycles. The van der Waals surface area contributed by atoms with E-state index < -0.39 is 0 Å². The second-order valence-electron chi connectivity index (χ2n) is 6.71. The second-order valence-corrected chi connectivity index (χ2v) is 6.71. The van der Waals surface area contributed by atoms with Crippen LogP contribution in [0.4, 0.5) is 0 Å². The van der Waals surface area contributed by atoms with Crippen LogP contribution in [0.2, 0.25) is 0 Å². The third-order valence-corrected chi connectivity index (χ3v) is 5.36. The van der Waals surface area contributed by atoms with Gasteiger partial charge in [-0.15, -0.1) is 0 Å². The number of benzene rings is 1. The van der Waals surface area contributed by atoms with Crippen molar-refractivity contribution in [1.82, 2.24) is 5.32 Å². The topological polar surface area (TPSA) is 55.4 Å². The van der Waals surface area contributed by atoms with Gasteiger partial charge in [0.2, 0.25) is 5.91 Å². The largest absolute Gasteiger partial charge is 0.466 e. The molecule has 124 valence electrons. The average Bonchev–Trinajstić information content (AvgIpc) is 2.80. The molecule has 23 heavy (non-hydrogen) atoms. The molecule has 1 amide bonds. The van der Waals surface area contributed by atoms with Gasteiger partial charge in [0.1, 0.15) is 0 Å². The molecule has 2 aliphatic rings. The summed E-state index contributed by atoms with van der Waals surface area (Å²) >= 11 is 0. The molecular formula is C19H25NO3. The lowest BCUT2D eigenvalue weighted by Crippen LogP contribution is -2.48. The van der Waals surface area contributed by atoms with Crippen molar-refractivity contribution in [3.8, 4) is 0 Å². The highest BCUT2D eigenvalue weighted by Crippen LogP contribution is 2.48. The molecule has 4 heteroatoms. The van der Waals surface area contributed by atoms with E-state index in [2.05, 4.69) is 5.32 Å². The van der Waals surface area contributed by atoms with Crippen molar-refractivity contribution in [3.63, 3.8) is 0 Å². The molecule has 3 rings (SSSR count). The van der Waals surface area contributed by atoms with Crippen LogP contribution in [0.1, 0.15) is 56.9 Å². The van der Waals surface area contributed by atoms with E-state index in [1.807, 2.05) is 37.3 Å². The van der Waals surface area contributed by atoms with Crippen LogP contribution in [0.5, 0.6) is 0 Å². The van der Waals surface area contributed by atoms with E-state index in [1.165, 1.54) is 6.42 Å². The highest BCUT2D eigenvalue weighted by Gasteiger charge is 2.54. The van der Waals surface area contributed by atoms with Crippen molar-refractivity contribution in [2.45, 2.75) is 56.9 Å². The molecule has 0 aromatic heterocycles. The maximum absolute atomic E-state index is 12.7. The first-order valence-corrected chi connectivity index (χ1v) is 8.69. The molecule has 1 spiro atoms. The van der Waals surface area contributed by atoms with E-state index in [1.54, 1.807) is 0 Å². The minimum atomic E-state index is -0.251. The Labute approximate surface area is 137 Å². The molecule has 2 atom stereocenters. The summed E-state index contributed by atoms with van der Waals surface area (Å²) in [6, 6.07) is 9.84. The molecule has 1 aliphatic heterocycles. The number of esters is 1. The predicted octanol–water partition coefficient (Wildman–Crippen LogP) is 3.17. The van der Waals surface area contributed by atoms with Crippen molar-refractivity contribution < 1.29 is 14.3 Å². The Morgan fingerprint density at radius 3 is 2.57 bits per heavy atom. The first-order chi connectivity index (χ1) is 11.2. The van der Waals surface area contributed by atoms with Crippen LogP contribution in [0.25, 0.3) is 0 Å². The first-order valence-electron chi connectivity index (χ1n) is 8.69. The van der Waals surface area contributed by atoms with Crippen LogP contribution < -0.4 is 5.32 Å². The normalized spacial score (nSPS) is 26.0. The van der Waals surface area contributed by atoms with Gasteiger partial charge in [0.05, 0.1) is 18.9 Å². The number of hydrogen-bond donors (Lipinski definition) is 1. The van der Waals surface area contributed by atoms with Gasteiger partial charge in [0, 0.05) is 11.5 Å². The molecule has 1 aliphatic carbocycles. The Balaban J connectivity index is 1.92. The average molecular weight is 315 g/mol. The Hall–Kier alpha value is -1.84. The van der Waals surface area contributed by atoms with Crippen LogP contribution in [-0.4, -0.2) is 24.0 Å². The molecule has 0 unspecified atom stereocenters. The van der Waals surface area contributed by atoms with Gasteiger partial charge in [-0.1, -0.05) is 49.6 Å². The fourth-order valence-corrected chi connectivity index (χ4v) is 4.35. The van der Waals surface area contributed by atoms with Crippen molar-refractivity contribution in [2.75, 3.05) is 6.61 Å². The molecule has 0 bridgehead atoms. The van der Waals surface area contributed by atoms with Crippen LogP contribution in [0.15, 0.2) is 30.3 Å². The molecule has 0 radical (unpaired) electrons. The summed E-state index contributed by atoms with van der Waals surface area (Å²) in [5, 5.41) is 3.27. The number of carbonyl (C=O) groups excluding carboxylic acids is 2. The first kappa shape index (κ1) is 16.0. The van der Waals surface area contributed by atoms with E-state index in [-0.39, 0.29) is 29.3 Å². The minimum Gasteiger partial charge on any atom is -0.466 e. The summed E-state index contributed by atoms with van der Waals surface area (Å²) in [7, 11) is 0. The van der Waals surface area contributed by atoms with Gasteiger partial charge in [-0.2, -0.15) is 0 Å². The van der Waals surface area contributed by atoms with E-state index in [4.69, 9.17) is 4.74 Å². The Bertz CT molecular complexity index is 563. The third kappa shape index (κ3) is 3.12. The van der Waals surface area contributed by atoms with E-state index in [9.17, 15) is 9.59 Å². The summed E-state index contributed by atoms with van der Waals surface area (Å²) in [5.41, 5.74) is 0.768. The summed E-state index contributed by atoms with van der Waals surface area (Å²) < 4.78 is 5.18. The number of nitrogens with one attached hydrogen (secondary N) is 1. The number of carbonyl (C=O) groups is 2. The lowest BCUT2D eigenvalue weighted by molar-refractivity contribution is -0.145. The Kier molecular flexibility index (Phi) is 4.69. The Morgan fingerprint density at radius 2 is 1.91 bits per heavy atom. The van der Waals surface area contributed by atoms with Crippen LogP contribution >= 0.6 is 0 Å². The van der Waals surface area contributed by atoms with Gasteiger partial charge in [0.15, 0.2) is 0 Å². The Morgan fingerprint density at radius 1 is 1.22 bits per heavy atom. The van der Waals surface area contributed by atoms with Gasteiger partial charge >= 0.3 is 5.97 Å². The van der Waals surface area contributed by atoms with Crippen LogP contribution in [0, 0.1) is 5.92 Å². The molecule has 1 N–H and O–H groups in total. The minimum absolute atomic E-state index is 0.0169. The number of rotatable bonds is 4. The summed E-state index contributed by atoms with van der Waals surface area (Å²) in [5.74, 6) is -0.400. The summed E-state index contributed by atoms with van der Waals surface area (Å²) in [6.45, 7) is 2.21. The molecule has 1 aromatic rings. The number of amides is 1. The molecule has 1 saturated carbocycles.